The number of carbonyl (C=O) groups is 2. The van der Waals surface area contributed by atoms with Gasteiger partial charge in [0.15, 0.2) is 0 Å². The van der Waals surface area contributed by atoms with E-state index in [1.807, 2.05) is 0 Å². The first-order valence-electron chi connectivity index (χ1n) is 7.83. The van der Waals surface area contributed by atoms with E-state index in [4.69, 9.17) is 5.11 Å². The average Bonchev–Trinajstić information content (AvgIpc) is 3.38. The Balaban J connectivity index is 1.90. The van der Waals surface area contributed by atoms with Crippen molar-refractivity contribution in [2.24, 2.45) is 0 Å². The molecular formula is C18H16F2N2O3. The van der Waals surface area contributed by atoms with Crippen molar-refractivity contribution in [1.29, 1.82) is 0 Å². The number of aryl methyl sites for hydroxylation is 1. The molecule has 1 fully saturated rings. The van der Waals surface area contributed by atoms with E-state index >= 15 is 0 Å². The lowest BCUT2D eigenvalue weighted by molar-refractivity contribution is 0.0687. The molecule has 5 nitrogen and oxygen atoms in total. The van der Waals surface area contributed by atoms with Crippen LogP contribution in [0, 0.1) is 18.6 Å². The van der Waals surface area contributed by atoms with Crippen LogP contribution in [0.15, 0.2) is 30.3 Å². The molecule has 1 saturated carbocycles. The van der Waals surface area contributed by atoms with E-state index in [-0.39, 0.29) is 35.1 Å². The number of carboxylic acids is 1. The molecule has 7 heteroatoms. The van der Waals surface area contributed by atoms with Crippen molar-refractivity contribution in [3.8, 4) is 0 Å². The Morgan fingerprint density at radius 3 is 2.36 bits per heavy atom. The summed E-state index contributed by atoms with van der Waals surface area (Å²) in [5.41, 5.74) is 0.119. The summed E-state index contributed by atoms with van der Waals surface area (Å²) in [5, 5.41) is 9.04. The SMILES string of the molecule is Cc1nc(C(=O)N(Cc2c(F)cccc2F)C2CC2)ccc1C(=O)O. The Bertz CT molecular complexity index is 830. The number of amides is 1. The minimum atomic E-state index is -1.13. The first-order valence-corrected chi connectivity index (χ1v) is 7.83. The van der Waals surface area contributed by atoms with Gasteiger partial charge in [-0.05, 0) is 44.0 Å². The number of pyridine rings is 1. The fourth-order valence-corrected chi connectivity index (χ4v) is 2.66. The summed E-state index contributed by atoms with van der Waals surface area (Å²) in [6, 6.07) is 6.12. The minimum Gasteiger partial charge on any atom is -0.478 e. The van der Waals surface area contributed by atoms with Crippen LogP contribution in [0.25, 0.3) is 0 Å². The van der Waals surface area contributed by atoms with Crippen LogP contribution in [0.1, 0.15) is 44.9 Å². The standard InChI is InChI=1S/C18H16F2N2O3/c1-10-12(18(24)25)7-8-16(21-10)17(23)22(11-5-6-11)9-13-14(19)3-2-4-15(13)20/h2-4,7-8,11H,5-6,9H2,1H3,(H,24,25). The van der Waals surface area contributed by atoms with Crippen LogP contribution in [-0.4, -0.2) is 32.9 Å². The van der Waals surface area contributed by atoms with Crippen LogP contribution < -0.4 is 0 Å². The summed E-state index contributed by atoms with van der Waals surface area (Å²) in [6.07, 6.45) is 1.52. The van der Waals surface area contributed by atoms with Crippen molar-refractivity contribution in [3.05, 3.63) is 64.5 Å². The van der Waals surface area contributed by atoms with Crippen molar-refractivity contribution >= 4 is 11.9 Å². The Morgan fingerprint density at radius 2 is 1.84 bits per heavy atom. The topological polar surface area (TPSA) is 70.5 Å². The highest BCUT2D eigenvalue weighted by molar-refractivity contribution is 5.94. The number of nitrogens with zero attached hydrogens (tertiary/aromatic N) is 2. The molecule has 1 heterocycles. The number of carboxylic acid groups (broad SMARTS) is 1. The van der Waals surface area contributed by atoms with Gasteiger partial charge in [-0.25, -0.2) is 18.6 Å². The number of hydrogen-bond donors (Lipinski definition) is 1. The molecule has 1 N–H and O–H groups in total. The number of carbonyl (C=O) groups excluding carboxylic acids is 1. The number of hydrogen-bond acceptors (Lipinski definition) is 3. The van der Waals surface area contributed by atoms with Gasteiger partial charge in [0, 0.05) is 11.6 Å². The van der Waals surface area contributed by atoms with Crippen molar-refractivity contribution < 1.29 is 23.5 Å². The molecule has 0 bridgehead atoms. The molecule has 1 aromatic heterocycles. The predicted molar refractivity (Wildman–Crippen MR) is 85.2 cm³/mol. The van der Waals surface area contributed by atoms with E-state index < -0.39 is 23.5 Å². The third-order valence-corrected chi connectivity index (χ3v) is 4.17. The summed E-state index contributed by atoms with van der Waals surface area (Å²) in [6.45, 7) is 1.31. The van der Waals surface area contributed by atoms with Crippen LogP contribution in [-0.2, 0) is 6.54 Å². The van der Waals surface area contributed by atoms with Gasteiger partial charge in [-0.2, -0.15) is 0 Å². The summed E-state index contributed by atoms with van der Waals surface area (Å²) in [7, 11) is 0. The Morgan fingerprint density at radius 1 is 1.20 bits per heavy atom. The molecule has 130 valence electrons. The second kappa shape index (κ2) is 6.58. The summed E-state index contributed by atoms with van der Waals surface area (Å²) in [5.74, 6) is -3.01. The van der Waals surface area contributed by atoms with Gasteiger partial charge in [0.25, 0.3) is 5.91 Å². The Hall–Kier alpha value is -2.83. The first kappa shape index (κ1) is 17.0. The molecule has 0 aliphatic heterocycles. The minimum absolute atomic E-state index is 0.00895. The largest absolute Gasteiger partial charge is 0.478 e. The number of halogens is 2. The number of rotatable bonds is 5. The van der Waals surface area contributed by atoms with E-state index in [0.717, 1.165) is 25.0 Å². The van der Waals surface area contributed by atoms with E-state index in [9.17, 15) is 18.4 Å². The molecule has 1 amide bonds. The highest BCUT2D eigenvalue weighted by atomic mass is 19.1. The zero-order chi connectivity index (χ0) is 18.1. The van der Waals surface area contributed by atoms with Crippen LogP contribution >= 0.6 is 0 Å². The van der Waals surface area contributed by atoms with Crippen molar-refractivity contribution in [2.45, 2.75) is 32.4 Å². The summed E-state index contributed by atoms with van der Waals surface area (Å²) >= 11 is 0. The van der Waals surface area contributed by atoms with E-state index in [1.165, 1.54) is 30.0 Å². The van der Waals surface area contributed by atoms with Gasteiger partial charge in [0.05, 0.1) is 17.8 Å². The lowest BCUT2D eigenvalue weighted by Gasteiger charge is -2.23. The molecule has 3 rings (SSSR count). The summed E-state index contributed by atoms with van der Waals surface area (Å²) in [4.78, 5) is 29.3. The monoisotopic (exact) mass is 346 g/mol. The molecule has 1 aliphatic rings. The fourth-order valence-electron chi connectivity index (χ4n) is 2.66. The lowest BCUT2D eigenvalue weighted by Crippen LogP contribution is -2.34. The quantitative estimate of drug-likeness (QED) is 0.903. The molecule has 0 saturated heterocycles. The normalized spacial score (nSPS) is 13.6. The third kappa shape index (κ3) is 3.50. The second-order valence-electron chi connectivity index (χ2n) is 6.00. The number of aromatic nitrogens is 1. The van der Waals surface area contributed by atoms with Gasteiger partial charge in [-0.3, -0.25) is 4.79 Å². The van der Waals surface area contributed by atoms with Gasteiger partial charge >= 0.3 is 5.97 Å². The maximum atomic E-state index is 13.9. The van der Waals surface area contributed by atoms with Crippen molar-refractivity contribution in [1.82, 2.24) is 9.88 Å². The van der Waals surface area contributed by atoms with Gasteiger partial charge in [-0.15, -0.1) is 0 Å². The molecule has 25 heavy (non-hydrogen) atoms. The highest BCUT2D eigenvalue weighted by Gasteiger charge is 2.34. The number of benzene rings is 1. The van der Waals surface area contributed by atoms with Crippen LogP contribution in [0.2, 0.25) is 0 Å². The van der Waals surface area contributed by atoms with Crippen LogP contribution in [0.5, 0.6) is 0 Å². The second-order valence-corrected chi connectivity index (χ2v) is 6.00. The maximum Gasteiger partial charge on any atom is 0.337 e. The van der Waals surface area contributed by atoms with Gasteiger partial charge in [0.1, 0.15) is 17.3 Å². The fraction of sp³-hybridized carbons (Fsp3) is 0.278. The van der Waals surface area contributed by atoms with E-state index in [0.29, 0.717) is 0 Å². The van der Waals surface area contributed by atoms with Crippen LogP contribution in [0.4, 0.5) is 8.78 Å². The molecular weight excluding hydrogens is 330 g/mol. The number of aromatic carboxylic acids is 1. The maximum absolute atomic E-state index is 13.9. The molecule has 0 spiro atoms. The zero-order valence-corrected chi connectivity index (χ0v) is 13.5. The molecule has 1 aliphatic carbocycles. The van der Waals surface area contributed by atoms with Crippen LogP contribution in [0.3, 0.4) is 0 Å². The predicted octanol–water partition coefficient (Wildman–Crippen LogP) is 3.17. The first-order chi connectivity index (χ1) is 11.9. The van der Waals surface area contributed by atoms with Gasteiger partial charge < -0.3 is 10.0 Å². The molecule has 0 radical (unpaired) electrons. The Kier molecular flexibility index (Phi) is 4.48. The third-order valence-electron chi connectivity index (χ3n) is 4.17. The van der Waals surface area contributed by atoms with E-state index in [1.54, 1.807) is 0 Å². The molecule has 2 aromatic rings. The highest BCUT2D eigenvalue weighted by Crippen LogP contribution is 2.30. The zero-order valence-electron chi connectivity index (χ0n) is 13.5. The average molecular weight is 346 g/mol. The smallest absolute Gasteiger partial charge is 0.337 e. The molecule has 1 aromatic carbocycles. The Labute approximate surface area is 142 Å². The van der Waals surface area contributed by atoms with E-state index in [2.05, 4.69) is 4.98 Å². The van der Waals surface area contributed by atoms with Crippen molar-refractivity contribution in [3.63, 3.8) is 0 Å². The summed E-state index contributed by atoms with van der Waals surface area (Å²) < 4.78 is 27.8. The van der Waals surface area contributed by atoms with Crippen molar-refractivity contribution in [2.75, 3.05) is 0 Å². The lowest BCUT2D eigenvalue weighted by atomic mass is 10.1. The molecule has 0 unspecified atom stereocenters. The van der Waals surface area contributed by atoms with Gasteiger partial charge in [0.2, 0.25) is 0 Å². The van der Waals surface area contributed by atoms with Gasteiger partial charge in [-0.1, -0.05) is 6.07 Å². The molecule has 0 atom stereocenters.